The van der Waals surface area contributed by atoms with Crippen LogP contribution in [0.1, 0.15) is 12.8 Å². The van der Waals surface area contributed by atoms with Crippen LogP contribution in [0.2, 0.25) is 43.0 Å². The number of halogens is 1. The maximum atomic E-state index is 6.31. The summed E-state index contributed by atoms with van der Waals surface area (Å²) in [6.07, 6.45) is 9.86. The second kappa shape index (κ2) is 7.34. The molecule has 1 fully saturated rings. The molecule has 1 atom stereocenters. The van der Waals surface area contributed by atoms with Gasteiger partial charge < -0.3 is 4.74 Å². The molecule has 1 aliphatic carbocycles. The zero-order chi connectivity index (χ0) is 15.4. The molecule has 0 saturated carbocycles. The van der Waals surface area contributed by atoms with Gasteiger partial charge in [-0.15, -0.1) is 0 Å². The molecule has 20 heavy (non-hydrogen) atoms. The topological polar surface area (TPSA) is 9.23 Å². The third kappa shape index (κ3) is 4.89. The second-order valence-electron chi connectivity index (χ2n) is 7.66. The van der Waals surface area contributed by atoms with Crippen LogP contribution >= 0.6 is 9.85 Å². The van der Waals surface area contributed by atoms with Crippen molar-refractivity contribution >= 4 is 26.0 Å². The van der Waals surface area contributed by atoms with Gasteiger partial charge in [-0.1, -0.05) is 0 Å². The summed E-state index contributed by atoms with van der Waals surface area (Å²) >= 11 is -0.108. The molecule has 1 heterocycles. The number of ether oxygens (including phenoxy) is 1. The minimum atomic E-state index is -1.23. The van der Waals surface area contributed by atoms with Crippen molar-refractivity contribution in [3.8, 4) is 0 Å². The number of hydrogen-bond donors (Lipinski definition) is 0. The van der Waals surface area contributed by atoms with Crippen molar-refractivity contribution in [1.82, 2.24) is 0 Å². The molecule has 0 amide bonds. The molecule has 0 bridgehead atoms. The predicted octanol–water partition coefficient (Wildman–Crippen LogP) is 5.43. The molecule has 1 unspecified atom stereocenters. The molecule has 0 aromatic heterocycles. The molecular formula is C15H29ClOSi2V. The van der Waals surface area contributed by atoms with Crippen molar-refractivity contribution in [1.29, 1.82) is 0 Å². The van der Waals surface area contributed by atoms with Crippen molar-refractivity contribution in [3.05, 3.63) is 23.4 Å². The van der Waals surface area contributed by atoms with Gasteiger partial charge in [0.25, 0.3) is 0 Å². The summed E-state index contributed by atoms with van der Waals surface area (Å²) in [6.45, 7) is 16.5. The average Bonchev–Trinajstić information content (AvgIpc) is 3.00. The van der Waals surface area contributed by atoms with Crippen LogP contribution in [-0.2, 0) is 20.1 Å². The molecule has 2 aliphatic rings. The van der Waals surface area contributed by atoms with Gasteiger partial charge in [0.15, 0.2) is 0 Å². The SMILES string of the molecule is C1CCOC1.C[Si](C)(C)C1=C[C]([V][Cl])([Si](C)(C)C)C=C1. The monoisotopic (exact) mass is 367 g/mol. The van der Waals surface area contributed by atoms with E-state index in [-0.39, 0.29) is 15.3 Å². The third-order valence-electron chi connectivity index (χ3n) is 3.93. The fourth-order valence-corrected chi connectivity index (χ4v) is 10.4. The van der Waals surface area contributed by atoms with E-state index in [0.29, 0.717) is 3.75 Å². The van der Waals surface area contributed by atoms with Crippen molar-refractivity contribution in [2.24, 2.45) is 0 Å². The summed E-state index contributed by atoms with van der Waals surface area (Å²) < 4.78 is 5.24. The van der Waals surface area contributed by atoms with Crippen LogP contribution in [0, 0.1) is 0 Å². The Kier molecular flexibility index (Phi) is 6.90. The van der Waals surface area contributed by atoms with Crippen molar-refractivity contribution in [2.75, 3.05) is 13.2 Å². The van der Waals surface area contributed by atoms with Crippen molar-refractivity contribution in [2.45, 2.75) is 55.9 Å². The molecular weight excluding hydrogens is 339 g/mol. The average molecular weight is 368 g/mol. The van der Waals surface area contributed by atoms with Crippen LogP contribution in [0.25, 0.3) is 0 Å². The van der Waals surface area contributed by atoms with Crippen LogP contribution in [0.4, 0.5) is 0 Å². The normalized spacial score (nSPS) is 26.1. The molecule has 0 spiro atoms. The molecule has 1 aliphatic heterocycles. The van der Waals surface area contributed by atoms with Gasteiger partial charge in [-0.05, 0) is 12.8 Å². The fourth-order valence-electron chi connectivity index (χ4n) is 2.17. The molecule has 1 nitrogen and oxygen atoms in total. The first-order valence-corrected chi connectivity index (χ1v) is 17.1. The quantitative estimate of drug-likeness (QED) is 0.604. The van der Waals surface area contributed by atoms with Crippen molar-refractivity contribution < 1.29 is 20.1 Å². The van der Waals surface area contributed by atoms with E-state index in [2.05, 4.69) is 57.5 Å². The summed E-state index contributed by atoms with van der Waals surface area (Å²) in [6, 6.07) is 0. The molecule has 2 rings (SSSR count). The van der Waals surface area contributed by atoms with Gasteiger partial charge in [0.2, 0.25) is 0 Å². The Morgan fingerprint density at radius 2 is 1.65 bits per heavy atom. The molecule has 0 N–H and O–H groups in total. The minimum absolute atomic E-state index is 0.108. The molecule has 5 heteroatoms. The zero-order valence-corrected chi connectivity index (χ0v) is 17.9. The Labute approximate surface area is 138 Å². The zero-order valence-electron chi connectivity index (χ0n) is 13.8. The Morgan fingerprint density at radius 3 is 1.85 bits per heavy atom. The van der Waals surface area contributed by atoms with Gasteiger partial charge >= 0.3 is 108 Å². The van der Waals surface area contributed by atoms with Crippen LogP contribution in [0.5, 0.6) is 0 Å². The standard InChI is InChI=1S/C11H21Si2.C4H8O.ClH.V/c1-12(2,3)10-7-8-11(9-10)13(4,5)6;1-2-4-5-3-1;;/h7-9H,1-6H3;1-4H2;1H;/q;;;+1/p-1. The van der Waals surface area contributed by atoms with Crippen LogP contribution in [0.15, 0.2) is 23.4 Å². The molecule has 115 valence electrons. The van der Waals surface area contributed by atoms with E-state index >= 15 is 0 Å². The van der Waals surface area contributed by atoms with Gasteiger partial charge in [0, 0.05) is 13.2 Å². The Bertz CT molecular complexity index is 371. The van der Waals surface area contributed by atoms with E-state index in [1.165, 1.54) is 12.8 Å². The number of hydrogen-bond acceptors (Lipinski definition) is 1. The summed E-state index contributed by atoms with van der Waals surface area (Å²) in [4.78, 5) is 0. The van der Waals surface area contributed by atoms with Gasteiger partial charge in [-0.25, -0.2) is 0 Å². The fraction of sp³-hybridized carbons (Fsp3) is 0.733. The molecule has 0 radical (unpaired) electrons. The Balaban J connectivity index is 0.000000333. The van der Waals surface area contributed by atoms with Crippen molar-refractivity contribution in [3.63, 3.8) is 0 Å². The second-order valence-corrected chi connectivity index (χ2v) is 20.9. The predicted molar refractivity (Wildman–Crippen MR) is 92.5 cm³/mol. The van der Waals surface area contributed by atoms with E-state index in [0.717, 1.165) is 13.2 Å². The van der Waals surface area contributed by atoms with Gasteiger partial charge in [0.1, 0.15) is 0 Å². The molecule has 0 aromatic rings. The number of rotatable bonds is 3. The van der Waals surface area contributed by atoms with Gasteiger partial charge in [-0.3, -0.25) is 0 Å². The van der Waals surface area contributed by atoms with Gasteiger partial charge in [0.05, 0.1) is 0 Å². The molecule has 1 saturated heterocycles. The first-order chi connectivity index (χ1) is 9.12. The first kappa shape index (κ1) is 18.8. The van der Waals surface area contributed by atoms with E-state index < -0.39 is 16.1 Å². The summed E-state index contributed by atoms with van der Waals surface area (Å²) in [5.41, 5.74) is 0. The van der Waals surface area contributed by atoms with E-state index in [1.807, 2.05) is 0 Å². The van der Waals surface area contributed by atoms with Crippen LogP contribution in [0.3, 0.4) is 0 Å². The summed E-state index contributed by atoms with van der Waals surface area (Å²) in [5.74, 6) is 0. The van der Waals surface area contributed by atoms with E-state index in [1.54, 1.807) is 5.20 Å². The molecule has 0 aromatic carbocycles. The Morgan fingerprint density at radius 1 is 1.10 bits per heavy atom. The van der Waals surface area contributed by atoms with Gasteiger partial charge in [-0.2, -0.15) is 0 Å². The summed E-state index contributed by atoms with van der Waals surface area (Å²) in [5, 5.41) is 1.60. The Hall–Kier alpha value is 0.748. The first-order valence-electron chi connectivity index (χ1n) is 7.46. The van der Waals surface area contributed by atoms with E-state index in [4.69, 9.17) is 14.6 Å². The van der Waals surface area contributed by atoms with E-state index in [9.17, 15) is 0 Å². The van der Waals surface area contributed by atoms with Crippen LogP contribution < -0.4 is 0 Å². The van der Waals surface area contributed by atoms with Crippen LogP contribution in [-0.4, -0.2) is 29.4 Å². The maximum absolute atomic E-state index is 6.31. The third-order valence-corrected chi connectivity index (χ3v) is 14.9. The summed E-state index contributed by atoms with van der Waals surface area (Å²) in [7, 11) is 3.93. The number of allylic oxidation sites excluding steroid dienone is 4.